The quantitative estimate of drug-likeness (QED) is 0.771. The fraction of sp³-hybridized carbons (Fsp3) is 0.333. The summed E-state index contributed by atoms with van der Waals surface area (Å²) in [6.45, 7) is 4.26. The van der Waals surface area contributed by atoms with Crippen LogP contribution in [0.1, 0.15) is 25.3 Å². The summed E-state index contributed by atoms with van der Waals surface area (Å²) < 4.78 is 0. The first-order valence-electron chi connectivity index (χ1n) is 7.04. The standard InChI is InChI=1S/C15H16N6/c1-9-5-16-8-11-12(9)14(21-15(2)3-4-15)20-13(19-11)10-6-17-18-7-10/h5-8H,3-4H2,1-2H3,(H,17,18)(H,19,20,21). The molecule has 0 aliphatic heterocycles. The van der Waals surface area contributed by atoms with E-state index in [9.17, 15) is 0 Å². The molecule has 3 aromatic heterocycles. The van der Waals surface area contributed by atoms with Crippen LogP contribution < -0.4 is 5.32 Å². The van der Waals surface area contributed by atoms with Gasteiger partial charge in [-0.05, 0) is 32.3 Å². The molecule has 0 unspecified atom stereocenters. The van der Waals surface area contributed by atoms with Gasteiger partial charge >= 0.3 is 0 Å². The molecular weight excluding hydrogens is 264 g/mol. The van der Waals surface area contributed by atoms with Gasteiger partial charge < -0.3 is 5.32 Å². The number of pyridine rings is 1. The fourth-order valence-electron chi connectivity index (χ4n) is 2.44. The Labute approximate surface area is 122 Å². The first-order valence-corrected chi connectivity index (χ1v) is 7.04. The number of hydrogen-bond acceptors (Lipinski definition) is 5. The molecule has 21 heavy (non-hydrogen) atoms. The van der Waals surface area contributed by atoms with E-state index in [0.717, 1.165) is 27.8 Å². The number of nitrogens with one attached hydrogen (secondary N) is 2. The fourth-order valence-corrected chi connectivity index (χ4v) is 2.44. The molecule has 6 heteroatoms. The van der Waals surface area contributed by atoms with E-state index in [1.165, 1.54) is 12.8 Å². The van der Waals surface area contributed by atoms with Gasteiger partial charge in [-0.25, -0.2) is 9.97 Å². The van der Waals surface area contributed by atoms with Crippen molar-refractivity contribution in [3.63, 3.8) is 0 Å². The maximum Gasteiger partial charge on any atom is 0.165 e. The molecule has 0 saturated heterocycles. The Hall–Kier alpha value is -2.50. The van der Waals surface area contributed by atoms with Crippen molar-refractivity contribution < 1.29 is 0 Å². The lowest BCUT2D eigenvalue weighted by Gasteiger charge is -2.16. The molecule has 1 aliphatic carbocycles. The monoisotopic (exact) mass is 280 g/mol. The topological polar surface area (TPSA) is 79.4 Å². The molecule has 0 radical (unpaired) electrons. The maximum atomic E-state index is 4.72. The van der Waals surface area contributed by atoms with Crippen molar-refractivity contribution in [2.75, 3.05) is 5.32 Å². The number of fused-ring (bicyclic) bond motifs is 1. The highest BCUT2D eigenvalue weighted by molar-refractivity contribution is 5.93. The predicted molar refractivity (Wildman–Crippen MR) is 80.9 cm³/mol. The van der Waals surface area contributed by atoms with E-state index >= 15 is 0 Å². The number of hydrogen-bond donors (Lipinski definition) is 2. The van der Waals surface area contributed by atoms with E-state index in [-0.39, 0.29) is 5.54 Å². The average Bonchev–Trinajstić information content (AvgIpc) is 2.98. The van der Waals surface area contributed by atoms with Gasteiger partial charge in [-0.2, -0.15) is 5.10 Å². The van der Waals surface area contributed by atoms with Crippen LogP contribution in [0.2, 0.25) is 0 Å². The molecule has 0 amide bonds. The van der Waals surface area contributed by atoms with Gasteiger partial charge in [0.15, 0.2) is 5.82 Å². The van der Waals surface area contributed by atoms with Crippen molar-refractivity contribution in [1.29, 1.82) is 0 Å². The average molecular weight is 280 g/mol. The van der Waals surface area contributed by atoms with Gasteiger partial charge in [-0.15, -0.1) is 0 Å². The number of aromatic nitrogens is 5. The summed E-state index contributed by atoms with van der Waals surface area (Å²) >= 11 is 0. The minimum Gasteiger partial charge on any atom is -0.364 e. The molecule has 3 aromatic rings. The SMILES string of the molecule is Cc1cncc2nc(-c3cn[nH]c3)nc(NC3(C)CC3)c12. The summed E-state index contributed by atoms with van der Waals surface area (Å²) in [6, 6.07) is 0. The Morgan fingerprint density at radius 1 is 1.19 bits per heavy atom. The second-order valence-corrected chi connectivity index (χ2v) is 5.92. The van der Waals surface area contributed by atoms with Crippen molar-refractivity contribution in [2.45, 2.75) is 32.2 Å². The predicted octanol–water partition coefficient (Wildman–Crippen LogP) is 2.69. The summed E-state index contributed by atoms with van der Waals surface area (Å²) in [5.74, 6) is 1.55. The van der Waals surface area contributed by atoms with Gasteiger partial charge in [0.25, 0.3) is 0 Å². The van der Waals surface area contributed by atoms with E-state index in [1.54, 1.807) is 18.6 Å². The van der Waals surface area contributed by atoms with Crippen LogP contribution >= 0.6 is 0 Å². The highest BCUT2D eigenvalue weighted by atomic mass is 15.1. The zero-order valence-corrected chi connectivity index (χ0v) is 12.0. The highest BCUT2D eigenvalue weighted by Gasteiger charge is 2.38. The van der Waals surface area contributed by atoms with Crippen molar-refractivity contribution in [3.8, 4) is 11.4 Å². The first-order chi connectivity index (χ1) is 10.1. The molecule has 0 atom stereocenters. The van der Waals surface area contributed by atoms with Gasteiger partial charge in [0.2, 0.25) is 0 Å². The largest absolute Gasteiger partial charge is 0.364 e. The number of rotatable bonds is 3. The molecule has 3 heterocycles. The zero-order chi connectivity index (χ0) is 14.4. The summed E-state index contributed by atoms with van der Waals surface area (Å²) in [6.07, 6.45) is 9.50. The molecule has 1 aliphatic rings. The van der Waals surface area contributed by atoms with Crippen LogP contribution in [0.4, 0.5) is 5.82 Å². The molecule has 2 N–H and O–H groups in total. The van der Waals surface area contributed by atoms with Gasteiger partial charge in [-0.3, -0.25) is 10.1 Å². The van der Waals surface area contributed by atoms with Crippen molar-refractivity contribution in [3.05, 3.63) is 30.4 Å². The zero-order valence-electron chi connectivity index (χ0n) is 12.0. The second-order valence-electron chi connectivity index (χ2n) is 5.92. The lowest BCUT2D eigenvalue weighted by atomic mass is 10.1. The van der Waals surface area contributed by atoms with Crippen LogP contribution in [0, 0.1) is 6.92 Å². The first kappa shape index (κ1) is 12.3. The van der Waals surface area contributed by atoms with Crippen molar-refractivity contribution in [2.24, 2.45) is 0 Å². The smallest absolute Gasteiger partial charge is 0.165 e. The number of anilines is 1. The van der Waals surface area contributed by atoms with Crippen molar-refractivity contribution in [1.82, 2.24) is 25.1 Å². The van der Waals surface area contributed by atoms with Crippen molar-refractivity contribution >= 4 is 16.7 Å². The van der Waals surface area contributed by atoms with E-state index < -0.39 is 0 Å². The minimum absolute atomic E-state index is 0.157. The molecule has 0 bridgehead atoms. The van der Waals surface area contributed by atoms with Gasteiger partial charge in [-0.1, -0.05) is 0 Å². The second kappa shape index (κ2) is 4.25. The summed E-state index contributed by atoms with van der Waals surface area (Å²) in [4.78, 5) is 13.6. The third-order valence-electron chi connectivity index (χ3n) is 3.97. The third-order valence-corrected chi connectivity index (χ3v) is 3.97. The molecule has 106 valence electrons. The van der Waals surface area contributed by atoms with Crippen LogP contribution in [0.25, 0.3) is 22.3 Å². The Morgan fingerprint density at radius 2 is 2.05 bits per heavy atom. The normalized spacial score (nSPS) is 16.1. The van der Waals surface area contributed by atoms with Crippen LogP contribution in [0.5, 0.6) is 0 Å². The minimum atomic E-state index is 0.157. The van der Waals surface area contributed by atoms with E-state index in [1.807, 2.05) is 13.1 Å². The van der Waals surface area contributed by atoms with Gasteiger partial charge in [0.05, 0.1) is 23.5 Å². The van der Waals surface area contributed by atoms with Gasteiger partial charge in [0, 0.05) is 23.3 Å². The highest BCUT2D eigenvalue weighted by Crippen LogP contribution is 2.39. The molecule has 0 spiro atoms. The molecule has 4 rings (SSSR count). The Balaban J connectivity index is 1.94. The number of nitrogens with zero attached hydrogens (tertiary/aromatic N) is 4. The third kappa shape index (κ3) is 2.12. The summed E-state index contributed by atoms with van der Waals surface area (Å²) in [7, 11) is 0. The lowest BCUT2D eigenvalue weighted by molar-refractivity contribution is 0.822. The Kier molecular flexibility index (Phi) is 2.48. The number of aryl methyl sites for hydroxylation is 1. The van der Waals surface area contributed by atoms with Crippen LogP contribution in [-0.4, -0.2) is 30.7 Å². The Bertz CT molecular complexity index is 804. The number of aromatic amines is 1. The summed E-state index contributed by atoms with van der Waals surface area (Å²) in [5.41, 5.74) is 2.97. The molecule has 1 saturated carbocycles. The lowest BCUT2D eigenvalue weighted by Crippen LogP contribution is -2.18. The van der Waals surface area contributed by atoms with E-state index in [0.29, 0.717) is 5.82 Å². The van der Waals surface area contributed by atoms with Gasteiger partial charge in [0.1, 0.15) is 5.82 Å². The van der Waals surface area contributed by atoms with Crippen LogP contribution in [0.3, 0.4) is 0 Å². The molecule has 0 aromatic carbocycles. The van der Waals surface area contributed by atoms with E-state index in [2.05, 4.69) is 32.4 Å². The maximum absolute atomic E-state index is 4.72. The Morgan fingerprint density at radius 3 is 2.76 bits per heavy atom. The summed E-state index contributed by atoms with van der Waals surface area (Å²) in [5, 5.41) is 11.4. The van der Waals surface area contributed by atoms with E-state index in [4.69, 9.17) is 4.98 Å². The molecular formula is C15H16N6. The van der Waals surface area contributed by atoms with Crippen LogP contribution in [0.15, 0.2) is 24.8 Å². The number of H-pyrrole nitrogens is 1. The van der Waals surface area contributed by atoms with Crippen LogP contribution in [-0.2, 0) is 0 Å². The molecule has 6 nitrogen and oxygen atoms in total. The molecule has 1 fully saturated rings.